The van der Waals surface area contributed by atoms with Gasteiger partial charge in [0.05, 0.1) is 26.4 Å². The van der Waals surface area contributed by atoms with E-state index in [1.807, 2.05) is 12.1 Å². The molecule has 1 aliphatic heterocycles. The summed E-state index contributed by atoms with van der Waals surface area (Å²) in [4.78, 5) is 16.7. The minimum absolute atomic E-state index is 0.259. The predicted molar refractivity (Wildman–Crippen MR) is 100 cm³/mol. The molecule has 134 valence electrons. The number of nitrogens with one attached hydrogen (secondary N) is 1. The molecule has 0 spiro atoms. The van der Waals surface area contributed by atoms with Crippen LogP contribution in [0.25, 0.3) is 6.08 Å². The molecule has 7 heteroatoms. The van der Waals surface area contributed by atoms with Crippen molar-refractivity contribution in [1.82, 2.24) is 5.32 Å². The quantitative estimate of drug-likeness (QED) is 0.818. The number of halogens is 1. The average molecular weight is 373 g/mol. The molecule has 26 heavy (non-hydrogen) atoms. The van der Waals surface area contributed by atoms with Crippen LogP contribution in [0.2, 0.25) is 5.02 Å². The normalized spacial score (nSPS) is 14.8. The van der Waals surface area contributed by atoms with Gasteiger partial charge in [-0.05, 0) is 35.9 Å². The first kappa shape index (κ1) is 17.8. The number of amidine groups is 1. The van der Waals surface area contributed by atoms with Crippen molar-refractivity contribution in [3.8, 4) is 17.2 Å². The van der Waals surface area contributed by atoms with E-state index in [2.05, 4.69) is 10.3 Å². The van der Waals surface area contributed by atoms with Gasteiger partial charge >= 0.3 is 0 Å². The molecule has 1 aliphatic rings. The van der Waals surface area contributed by atoms with E-state index in [9.17, 15) is 4.79 Å². The molecule has 0 saturated heterocycles. The second-order valence-electron chi connectivity index (χ2n) is 5.38. The SMILES string of the molecule is COc1cc(/C=C2/N=C(c3ccccc3Cl)NC2=O)cc(OC)c1OC. The molecule has 6 nitrogen and oxygen atoms in total. The van der Waals surface area contributed by atoms with E-state index >= 15 is 0 Å². The summed E-state index contributed by atoms with van der Waals surface area (Å²) in [6, 6.07) is 10.7. The second-order valence-corrected chi connectivity index (χ2v) is 5.79. The highest BCUT2D eigenvalue weighted by atomic mass is 35.5. The van der Waals surface area contributed by atoms with Crippen molar-refractivity contribution in [2.75, 3.05) is 21.3 Å². The standard InChI is InChI=1S/C19H17ClN2O4/c1-24-15-9-11(10-16(25-2)17(15)26-3)8-14-19(23)22-18(21-14)12-6-4-5-7-13(12)20/h4-10H,1-3H3,(H,21,22,23)/b14-8+. The van der Waals surface area contributed by atoms with Crippen molar-refractivity contribution in [3.05, 3.63) is 58.2 Å². The summed E-state index contributed by atoms with van der Waals surface area (Å²) >= 11 is 6.17. The number of methoxy groups -OCH3 is 3. The highest BCUT2D eigenvalue weighted by Crippen LogP contribution is 2.38. The fourth-order valence-electron chi connectivity index (χ4n) is 2.59. The molecule has 0 saturated carbocycles. The molecule has 1 N–H and O–H groups in total. The lowest BCUT2D eigenvalue weighted by atomic mass is 10.1. The number of hydrogen-bond donors (Lipinski definition) is 1. The summed E-state index contributed by atoms with van der Waals surface area (Å²) < 4.78 is 16.0. The zero-order valence-electron chi connectivity index (χ0n) is 14.5. The van der Waals surface area contributed by atoms with E-state index in [0.717, 1.165) is 0 Å². The number of benzene rings is 2. The topological polar surface area (TPSA) is 69.2 Å². The molecular formula is C19H17ClN2O4. The fourth-order valence-corrected chi connectivity index (χ4v) is 2.82. The van der Waals surface area contributed by atoms with Crippen LogP contribution < -0.4 is 19.5 Å². The van der Waals surface area contributed by atoms with E-state index in [4.69, 9.17) is 25.8 Å². The third-order valence-electron chi connectivity index (χ3n) is 3.82. The van der Waals surface area contributed by atoms with Crippen molar-refractivity contribution in [1.29, 1.82) is 0 Å². The van der Waals surface area contributed by atoms with Gasteiger partial charge in [-0.15, -0.1) is 0 Å². The van der Waals surface area contributed by atoms with Crippen molar-refractivity contribution in [2.24, 2.45) is 4.99 Å². The van der Waals surface area contributed by atoms with Crippen LogP contribution >= 0.6 is 11.6 Å². The molecule has 0 atom stereocenters. The van der Waals surface area contributed by atoms with Gasteiger partial charge in [-0.3, -0.25) is 4.79 Å². The van der Waals surface area contributed by atoms with Gasteiger partial charge in [0.2, 0.25) is 5.75 Å². The zero-order chi connectivity index (χ0) is 18.7. The summed E-state index contributed by atoms with van der Waals surface area (Å²) in [6.07, 6.45) is 1.64. The van der Waals surface area contributed by atoms with Crippen molar-refractivity contribution in [3.63, 3.8) is 0 Å². The molecule has 2 aromatic carbocycles. The van der Waals surface area contributed by atoms with E-state index in [1.54, 1.807) is 30.3 Å². The van der Waals surface area contributed by atoms with Gasteiger partial charge in [0, 0.05) is 5.56 Å². The lowest BCUT2D eigenvalue weighted by Gasteiger charge is -2.12. The Bertz CT molecular complexity index is 897. The molecule has 0 fully saturated rings. The largest absolute Gasteiger partial charge is 0.493 e. The molecule has 0 unspecified atom stereocenters. The number of amides is 1. The number of carbonyl (C=O) groups is 1. The van der Waals surface area contributed by atoms with E-state index in [0.29, 0.717) is 39.2 Å². The van der Waals surface area contributed by atoms with Crippen molar-refractivity contribution < 1.29 is 19.0 Å². The second kappa shape index (κ2) is 7.49. The molecule has 1 heterocycles. The molecule has 2 aromatic rings. The highest BCUT2D eigenvalue weighted by Gasteiger charge is 2.23. The molecular weight excluding hydrogens is 356 g/mol. The first-order valence-corrected chi connectivity index (χ1v) is 8.11. The number of carbonyl (C=O) groups excluding carboxylic acids is 1. The Morgan fingerprint density at radius 2 is 1.69 bits per heavy atom. The lowest BCUT2D eigenvalue weighted by Crippen LogP contribution is -2.24. The zero-order valence-corrected chi connectivity index (χ0v) is 15.3. The smallest absolute Gasteiger partial charge is 0.275 e. The maximum absolute atomic E-state index is 12.3. The van der Waals surface area contributed by atoms with E-state index in [-0.39, 0.29) is 11.6 Å². The van der Waals surface area contributed by atoms with Crippen LogP contribution in [-0.4, -0.2) is 33.1 Å². The number of nitrogens with zero attached hydrogens (tertiary/aromatic N) is 1. The van der Waals surface area contributed by atoms with Gasteiger partial charge < -0.3 is 19.5 Å². The minimum Gasteiger partial charge on any atom is -0.493 e. The van der Waals surface area contributed by atoms with Crippen LogP contribution in [0.15, 0.2) is 47.1 Å². The third-order valence-corrected chi connectivity index (χ3v) is 4.15. The average Bonchev–Trinajstić information content (AvgIpc) is 3.01. The molecule has 0 bridgehead atoms. The Morgan fingerprint density at radius 3 is 2.27 bits per heavy atom. The van der Waals surface area contributed by atoms with Gasteiger partial charge in [0.25, 0.3) is 5.91 Å². The Kier molecular flexibility index (Phi) is 5.14. The Morgan fingerprint density at radius 1 is 1.04 bits per heavy atom. The van der Waals surface area contributed by atoms with Crippen molar-refractivity contribution in [2.45, 2.75) is 0 Å². The maximum Gasteiger partial charge on any atom is 0.275 e. The number of aliphatic imine (C=N–C) groups is 1. The third kappa shape index (κ3) is 3.36. The predicted octanol–water partition coefficient (Wildman–Crippen LogP) is 3.28. The summed E-state index contributed by atoms with van der Waals surface area (Å²) in [5.41, 5.74) is 1.61. The van der Waals surface area contributed by atoms with Gasteiger partial charge in [-0.2, -0.15) is 0 Å². The Hall–Kier alpha value is -2.99. The van der Waals surface area contributed by atoms with Crippen LogP contribution in [0.3, 0.4) is 0 Å². The molecule has 0 aromatic heterocycles. The first-order chi connectivity index (χ1) is 12.6. The maximum atomic E-state index is 12.3. The van der Waals surface area contributed by atoms with E-state index in [1.165, 1.54) is 21.3 Å². The minimum atomic E-state index is -0.311. The Labute approximate surface area is 156 Å². The number of ether oxygens (including phenoxy) is 3. The van der Waals surface area contributed by atoms with E-state index < -0.39 is 0 Å². The van der Waals surface area contributed by atoms with Crippen LogP contribution in [0, 0.1) is 0 Å². The molecule has 3 rings (SSSR count). The monoisotopic (exact) mass is 372 g/mol. The summed E-state index contributed by atoms with van der Waals surface area (Å²) in [6.45, 7) is 0. The van der Waals surface area contributed by atoms with Gasteiger partial charge in [0.1, 0.15) is 11.5 Å². The van der Waals surface area contributed by atoms with Crippen LogP contribution in [0.1, 0.15) is 11.1 Å². The van der Waals surface area contributed by atoms with Crippen LogP contribution in [0.4, 0.5) is 0 Å². The fraction of sp³-hybridized carbons (Fsp3) is 0.158. The summed E-state index contributed by atoms with van der Waals surface area (Å²) in [5, 5.41) is 3.25. The van der Waals surface area contributed by atoms with Crippen molar-refractivity contribution >= 4 is 29.4 Å². The molecule has 0 aliphatic carbocycles. The number of rotatable bonds is 5. The van der Waals surface area contributed by atoms with Gasteiger partial charge in [-0.25, -0.2) is 4.99 Å². The number of hydrogen-bond acceptors (Lipinski definition) is 5. The Balaban J connectivity index is 2.02. The van der Waals surface area contributed by atoms with Gasteiger partial charge in [0.15, 0.2) is 11.5 Å². The van der Waals surface area contributed by atoms with Crippen LogP contribution in [-0.2, 0) is 4.79 Å². The van der Waals surface area contributed by atoms with Crippen LogP contribution in [0.5, 0.6) is 17.2 Å². The first-order valence-electron chi connectivity index (χ1n) is 7.74. The van der Waals surface area contributed by atoms with Gasteiger partial charge in [-0.1, -0.05) is 23.7 Å². The molecule has 1 amide bonds. The molecule has 0 radical (unpaired) electrons. The summed E-state index contributed by atoms with van der Waals surface area (Å²) in [7, 11) is 4.59. The lowest BCUT2D eigenvalue weighted by molar-refractivity contribution is -0.115. The highest BCUT2D eigenvalue weighted by molar-refractivity contribution is 6.35. The summed E-state index contributed by atoms with van der Waals surface area (Å²) in [5.74, 6) is 1.57.